The molecular weight excluding hydrogens is 496 g/mol. The topological polar surface area (TPSA) is 122 Å². The molecule has 0 spiro atoms. The normalized spacial score (nSPS) is 16.6. The van der Waals surface area contributed by atoms with Gasteiger partial charge < -0.3 is 15.2 Å². The zero-order valence-electron chi connectivity index (χ0n) is 21.6. The molecule has 1 amide bonds. The fourth-order valence-corrected chi connectivity index (χ4v) is 4.51. The number of ketones is 2. The number of benzene rings is 3. The largest absolute Gasteiger partial charge is 0.489 e. The van der Waals surface area contributed by atoms with E-state index in [1.54, 1.807) is 18.2 Å². The molecule has 1 heterocycles. The lowest BCUT2D eigenvalue weighted by Gasteiger charge is -2.14. The highest BCUT2D eigenvalue weighted by Gasteiger charge is 2.37. The Hall–Kier alpha value is -4.30. The fraction of sp³-hybridized carbons (Fsp3) is 0.290. The number of aliphatic carboxylic acids is 1. The van der Waals surface area contributed by atoms with Crippen LogP contribution in [0, 0.1) is 0 Å². The highest BCUT2D eigenvalue weighted by Crippen LogP contribution is 2.18. The highest BCUT2D eigenvalue weighted by atomic mass is 16.5. The Kier molecular flexibility index (Phi) is 9.58. The average molecular weight is 529 g/mol. The third-order valence-corrected chi connectivity index (χ3v) is 6.68. The van der Waals surface area contributed by atoms with Gasteiger partial charge in [0.2, 0.25) is 0 Å². The molecule has 1 aliphatic heterocycles. The summed E-state index contributed by atoms with van der Waals surface area (Å²) in [5.41, 5.74) is 2.79. The maximum Gasteiger partial charge on any atom is 0.321 e. The van der Waals surface area contributed by atoms with Gasteiger partial charge in [-0.1, -0.05) is 67.1 Å². The number of carbonyl (C=O) groups excluding carboxylic acids is 3. The molecule has 0 saturated carbocycles. The fourth-order valence-electron chi connectivity index (χ4n) is 4.51. The van der Waals surface area contributed by atoms with Crippen molar-refractivity contribution in [1.29, 1.82) is 0 Å². The van der Waals surface area contributed by atoms with E-state index in [2.05, 4.69) is 22.8 Å². The summed E-state index contributed by atoms with van der Waals surface area (Å²) in [5, 5.41) is 14.2. The number of nitrogens with one attached hydrogen (secondary N) is 2. The Morgan fingerprint density at radius 3 is 2.23 bits per heavy atom. The minimum absolute atomic E-state index is 0.144. The van der Waals surface area contributed by atoms with E-state index in [4.69, 9.17) is 9.84 Å². The summed E-state index contributed by atoms with van der Waals surface area (Å²) < 4.78 is 5.83. The summed E-state index contributed by atoms with van der Waals surface area (Å²) in [4.78, 5) is 48.9. The number of rotatable bonds is 13. The van der Waals surface area contributed by atoms with Crippen LogP contribution in [0.5, 0.6) is 5.75 Å². The van der Waals surface area contributed by atoms with Crippen LogP contribution in [-0.4, -0.2) is 40.8 Å². The van der Waals surface area contributed by atoms with E-state index in [1.807, 2.05) is 42.5 Å². The van der Waals surface area contributed by atoms with Crippen LogP contribution in [0.1, 0.15) is 63.9 Å². The average Bonchev–Trinajstić information content (AvgIpc) is 3.33. The van der Waals surface area contributed by atoms with E-state index >= 15 is 0 Å². The zero-order valence-corrected chi connectivity index (χ0v) is 21.6. The molecule has 0 aliphatic carbocycles. The molecule has 3 aromatic carbocycles. The van der Waals surface area contributed by atoms with Gasteiger partial charge in [0.05, 0.1) is 5.56 Å². The van der Waals surface area contributed by atoms with Gasteiger partial charge in [0.15, 0.2) is 11.6 Å². The van der Waals surface area contributed by atoms with Crippen LogP contribution in [0.2, 0.25) is 0 Å². The first kappa shape index (κ1) is 27.7. The zero-order chi connectivity index (χ0) is 27.6. The number of carbonyl (C=O) groups is 4. The summed E-state index contributed by atoms with van der Waals surface area (Å²) in [6.07, 6.45) is 2.39. The van der Waals surface area contributed by atoms with Crippen molar-refractivity contribution in [3.8, 4) is 5.75 Å². The molecule has 1 fully saturated rings. The maximum atomic E-state index is 12.9. The van der Waals surface area contributed by atoms with Crippen molar-refractivity contribution >= 4 is 23.4 Å². The summed E-state index contributed by atoms with van der Waals surface area (Å²) in [7, 11) is 0. The Labute approximate surface area is 227 Å². The Morgan fingerprint density at radius 2 is 1.54 bits per heavy atom. The van der Waals surface area contributed by atoms with Gasteiger partial charge in [0.25, 0.3) is 5.91 Å². The quantitative estimate of drug-likeness (QED) is 0.223. The van der Waals surface area contributed by atoms with Crippen molar-refractivity contribution in [2.24, 2.45) is 0 Å². The van der Waals surface area contributed by atoms with Gasteiger partial charge in [0, 0.05) is 18.4 Å². The Balaban J connectivity index is 1.20. The summed E-state index contributed by atoms with van der Waals surface area (Å²) >= 11 is 0. The monoisotopic (exact) mass is 528 g/mol. The molecule has 0 bridgehead atoms. The van der Waals surface area contributed by atoms with E-state index in [9.17, 15) is 19.2 Å². The molecule has 8 nitrogen and oxygen atoms in total. The van der Waals surface area contributed by atoms with E-state index in [0.29, 0.717) is 25.0 Å². The number of ether oxygens (including phenoxy) is 1. The number of Topliss-reactive ketones (excluding diaryl/α,β-unsaturated/α-hetero) is 2. The SMILES string of the molecule is O=C(CCCCCc1ccc(OCc2ccccc2)cc1)c1ccccc1C(=O)NC1N[C@H](C(=O)O)CC1=O. The van der Waals surface area contributed by atoms with E-state index in [0.717, 1.165) is 30.6 Å². The summed E-state index contributed by atoms with van der Waals surface area (Å²) in [6, 6.07) is 23.5. The number of hydrogen-bond donors (Lipinski definition) is 3. The molecule has 1 unspecified atom stereocenters. The van der Waals surface area contributed by atoms with Gasteiger partial charge in [-0.25, -0.2) is 0 Å². The van der Waals surface area contributed by atoms with E-state index < -0.39 is 29.9 Å². The Morgan fingerprint density at radius 1 is 0.846 bits per heavy atom. The first-order valence-corrected chi connectivity index (χ1v) is 13.1. The van der Waals surface area contributed by atoms with Crippen molar-refractivity contribution in [2.75, 3.05) is 0 Å². The van der Waals surface area contributed by atoms with Crippen LogP contribution in [0.4, 0.5) is 0 Å². The molecule has 0 aromatic heterocycles. The molecule has 3 N–H and O–H groups in total. The molecule has 3 aromatic rings. The molecule has 1 aliphatic rings. The number of carboxylic acid groups (broad SMARTS) is 1. The number of carboxylic acids is 1. The van der Waals surface area contributed by atoms with E-state index in [1.165, 1.54) is 11.6 Å². The predicted molar refractivity (Wildman–Crippen MR) is 146 cm³/mol. The third-order valence-electron chi connectivity index (χ3n) is 6.68. The van der Waals surface area contributed by atoms with Crippen molar-refractivity contribution in [2.45, 2.75) is 57.3 Å². The van der Waals surface area contributed by atoms with Crippen molar-refractivity contribution in [3.63, 3.8) is 0 Å². The molecule has 0 radical (unpaired) electrons. The molecule has 1 saturated heterocycles. The minimum Gasteiger partial charge on any atom is -0.489 e. The second-order valence-corrected chi connectivity index (χ2v) is 9.58. The maximum absolute atomic E-state index is 12.9. The second kappa shape index (κ2) is 13.5. The highest BCUT2D eigenvalue weighted by molar-refractivity contribution is 6.09. The van der Waals surface area contributed by atoms with E-state index in [-0.39, 0.29) is 17.8 Å². The van der Waals surface area contributed by atoms with Gasteiger partial charge in [-0.3, -0.25) is 24.5 Å². The van der Waals surface area contributed by atoms with Gasteiger partial charge in [-0.2, -0.15) is 0 Å². The van der Waals surface area contributed by atoms with Crippen LogP contribution >= 0.6 is 0 Å². The summed E-state index contributed by atoms with van der Waals surface area (Å²) in [6.45, 7) is 0.528. The summed E-state index contributed by atoms with van der Waals surface area (Å²) in [5.74, 6) is -1.47. The van der Waals surface area contributed by atoms with Crippen LogP contribution < -0.4 is 15.4 Å². The molecule has 4 rings (SSSR count). The van der Waals surface area contributed by atoms with Gasteiger partial charge in [0.1, 0.15) is 24.6 Å². The predicted octanol–water partition coefficient (Wildman–Crippen LogP) is 4.32. The molecular formula is C31H32N2O6. The second-order valence-electron chi connectivity index (χ2n) is 9.58. The van der Waals surface area contributed by atoms with Gasteiger partial charge in [-0.05, 0) is 48.6 Å². The smallest absolute Gasteiger partial charge is 0.321 e. The van der Waals surface area contributed by atoms with Crippen LogP contribution in [0.25, 0.3) is 0 Å². The molecule has 2 atom stereocenters. The van der Waals surface area contributed by atoms with Crippen molar-refractivity contribution in [1.82, 2.24) is 10.6 Å². The third kappa shape index (κ3) is 7.85. The first-order valence-electron chi connectivity index (χ1n) is 13.1. The van der Waals surface area contributed by atoms with Gasteiger partial charge >= 0.3 is 5.97 Å². The van der Waals surface area contributed by atoms with Crippen LogP contribution in [0.3, 0.4) is 0 Å². The standard InChI is InChI=1S/C31H32N2O6/c34-27(24-12-7-8-13-25(24)30(36)33-29-28(35)19-26(32-29)31(37)38)14-6-2-3-9-21-15-17-23(18-16-21)39-20-22-10-4-1-5-11-22/h1,4-5,7-8,10-13,15-18,26,29,32H,2-3,6,9,14,19-20H2,(H,33,36)(H,37,38)/t26-,29?/m0/s1. The number of amides is 1. The van der Waals surface area contributed by atoms with Crippen LogP contribution in [0.15, 0.2) is 78.9 Å². The molecule has 39 heavy (non-hydrogen) atoms. The number of aryl methyl sites for hydroxylation is 1. The lowest BCUT2D eigenvalue weighted by Crippen LogP contribution is -2.48. The molecule has 8 heteroatoms. The van der Waals surface area contributed by atoms with Crippen molar-refractivity contribution in [3.05, 3.63) is 101 Å². The number of hydrogen-bond acceptors (Lipinski definition) is 6. The van der Waals surface area contributed by atoms with Crippen LogP contribution in [-0.2, 0) is 22.6 Å². The lowest BCUT2D eigenvalue weighted by molar-refractivity contribution is -0.139. The minimum atomic E-state index is -1.15. The Bertz CT molecular complexity index is 1310. The van der Waals surface area contributed by atoms with Crippen molar-refractivity contribution < 1.29 is 29.0 Å². The van der Waals surface area contributed by atoms with Gasteiger partial charge in [-0.15, -0.1) is 0 Å². The number of unbranched alkanes of at least 4 members (excludes halogenated alkanes) is 2. The molecule has 202 valence electrons. The lowest BCUT2D eigenvalue weighted by atomic mass is 9.98. The first-order chi connectivity index (χ1) is 18.9.